The molecule has 0 radical (unpaired) electrons. The lowest BCUT2D eigenvalue weighted by Crippen LogP contribution is -2.18. The van der Waals surface area contributed by atoms with E-state index in [1.807, 2.05) is 43.3 Å². The van der Waals surface area contributed by atoms with Crippen molar-refractivity contribution in [3.05, 3.63) is 106 Å². The number of hydrogen-bond donors (Lipinski definition) is 1. The summed E-state index contributed by atoms with van der Waals surface area (Å²) in [6.07, 6.45) is 1.54. The largest absolute Gasteiger partial charge is 0.493 e. The minimum Gasteiger partial charge on any atom is -0.493 e. The molecule has 5 nitrogen and oxygen atoms in total. The number of nitrogens with one attached hydrogen (secondary N) is 1. The normalized spacial score (nSPS) is 11.0. The molecule has 166 valence electrons. The van der Waals surface area contributed by atoms with Gasteiger partial charge in [-0.1, -0.05) is 60.1 Å². The Kier molecular flexibility index (Phi) is 6.91. The number of hydrazone groups is 1. The van der Waals surface area contributed by atoms with Gasteiger partial charge in [-0.2, -0.15) is 5.10 Å². The van der Waals surface area contributed by atoms with Crippen LogP contribution in [0, 0.1) is 6.92 Å². The molecule has 6 heteroatoms. The van der Waals surface area contributed by atoms with E-state index in [4.69, 9.17) is 21.1 Å². The third-order valence-corrected chi connectivity index (χ3v) is 5.51. The summed E-state index contributed by atoms with van der Waals surface area (Å²) in [5, 5.41) is 6.75. The zero-order valence-corrected chi connectivity index (χ0v) is 19.1. The molecular formula is C27H23ClN2O3. The second kappa shape index (κ2) is 10.2. The third kappa shape index (κ3) is 5.33. The lowest BCUT2D eigenvalue weighted by Gasteiger charge is -2.12. The van der Waals surface area contributed by atoms with E-state index in [1.54, 1.807) is 25.3 Å². The second-order valence-corrected chi connectivity index (χ2v) is 7.93. The van der Waals surface area contributed by atoms with E-state index in [1.165, 1.54) is 11.6 Å². The smallest absolute Gasteiger partial charge is 0.272 e. The highest BCUT2D eigenvalue weighted by atomic mass is 35.5. The highest BCUT2D eigenvalue weighted by Gasteiger charge is 2.10. The van der Waals surface area contributed by atoms with Crippen molar-refractivity contribution in [2.45, 2.75) is 13.5 Å². The van der Waals surface area contributed by atoms with Gasteiger partial charge in [-0.05, 0) is 64.7 Å². The van der Waals surface area contributed by atoms with Crippen LogP contribution in [-0.4, -0.2) is 19.2 Å². The van der Waals surface area contributed by atoms with Crippen LogP contribution in [0.4, 0.5) is 0 Å². The zero-order chi connectivity index (χ0) is 23.2. The van der Waals surface area contributed by atoms with Gasteiger partial charge in [0, 0.05) is 0 Å². The summed E-state index contributed by atoms with van der Waals surface area (Å²) in [6.45, 7) is 2.33. The number of ether oxygens (including phenoxy) is 2. The van der Waals surface area contributed by atoms with Crippen LogP contribution >= 0.6 is 11.6 Å². The fourth-order valence-electron chi connectivity index (χ4n) is 3.49. The summed E-state index contributed by atoms with van der Waals surface area (Å²) in [6, 6.07) is 25.1. The first-order chi connectivity index (χ1) is 16.0. The molecule has 0 saturated heterocycles. The van der Waals surface area contributed by atoms with Crippen LogP contribution < -0.4 is 14.9 Å². The fourth-order valence-corrected chi connectivity index (χ4v) is 3.81. The average molecular weight is 459 g/mol. The molecule has 4 rings (SSSR count). The van der Waals surface area contributed by atoms with Crippen LogP contribution in [0.2, 0.25) is 5.02 Å². The first-order valence-electron chi connectivity index (χ1n) is 10.4. The Hall–Kier alpha value is -3.83. The SMILES string of the molecule is COc1cc(/C=N\NC(=O)c2ccc(C)cc2Cl)ccc1OCc1cccc2ccccc12. The monoisotopic (exact) mass is 458 g/mol. The molecule has 33 heavy (non-hydrogen) atoms. The van der Waals surface area contributed by atoms with Gasteiger partial charge in [-0.15, -0.1) is 0 Å². The minimum absolute atomic E-state index is 0.370. The number of hydrogen-bond acceptors (Lipinski definition) is 4. The van der Waals surface area contributed by atoms with Crippen molar-refractivity contribution < 1.29 is 14.3 Å². The lowest BCUT2D eigenvalue weighted by molar-refractivity contribution is 0.0955. The van der Waals surface area contributed by atoms with Gasteiger partial charge in [-0.25, -0.2) is 5.43 Å². The Morgan fingerprint density at radius 2 is 1.82 bits per heavy atom. The average Bonchev–Trinajstić information content (AvgIpc) is 2.83. The number of amides is 1. The zero-order valence-electron chi connectivity index (χ0n) is 18.3. The van der Waals surface area contributed by atoms with Crippen LogP contribution in [0.25, 0.3) is 10.8 Å². The number of rotatable bonds is 7. The van der Waals surface area contributed by atoms with Gasteiger partial charge in [0.05, 0.1) is 23.9 Å². The molecular weight excluding hydrogens is 436 g/mol. The number of benzene rings is 4. The predicted molar refractivity (Wildman–Crippen MR) is 133 cm³/mol. The molecule has 0 heterocycles. The van der Waals surface area contributed by atoms with Gasteiger partial charge in [0.2, 0.25) is 0 Å². The number of carbonyl (C=O) groups is 1. The molecule has 0 aliphatic carbocycles. The van der Waals surface area contributed by atoms with E-state index < -0.39 is 0 Å². The molecule has 4 aromatic rings. The van der Waals surface area contributed by atoms with Crippen LogP contribution in [0.1, 0.15) is 27.0 Å². The van der Waals surface area contributed by atoms with Gasteiger partial charge >= 0.3 is 0 Å². The van der Waals surface area contributed by atoms with E-state index in [9.17, 15) is 4.79 Å². The molecule has 1 N–H and O–H groups in total. The maximum atomic E-state index is 12.3. The number of methoxy groups -OCH3 is 1. The van der Waals surface area contributed by atoms with Crippen molar-refractivity contribution >= 4 is 34.5 Å². The maximum Gasteiger partial charge on any atom is 0.272 e. The van der Waals surface area contributed by atoms with Crippen molar-refractivity contribution in [2.75, 3.05) is 7.11 Å². The molecule has 0 spiro atoms. The molecule has 0 bridgehead atoms. The molecule has 0 atom stereocenters. The Morgan fingerprint density at radius 3 is 2.64 bits per heavy atom. The number of nitrogens with zero attached hydrogens (tertiary/aromatic N) is 1. The Bertz CT molecular complexity index is 1330. The van der Waals surface area contributed by atoms with E-state index in [0.29, 0.717) is 28.7 Å². The fraction of sp³-hybridized carbons (Fsp3) is 0.111. The molecule has 1 amide bonds. The highest BCUT2D eigenvalue weighted by Crippen LogP contribution is 2.29. The predicted octanol–water partition coefficient (Wildman–Crippen LogP) is 6.15. The van der Waals surface area contributed by atoms with Crippen molar-refractivity contribution in [1.29, 1.82) is 0 Å². The molecule has 0 aliphatic heterocycles. The van der Waals surface area contributed by atoms with Gasteiger partial charge in [-0.3, -0.25) is 4.79 Å². The van der Waals surface area contributed by atoms with Crippen molar-refractivity contribution in [3.63, 3.8) is 0 Å². The summed E-state index contributed by atoms with van der Waals surface area (Å²) in [5.41, 5.74) is 5.69. The first-order valence-corrected chi connectivity index (χ1v) is 10.8. The number of aryl methyl sites for hydroxylation is 1. The van der Waals surface area contributed by atoms with Crippen LogP contribution in [0.3, 0.4) is 0 Å². The summed E-state index contributed by atoms with van der Waals surface area (Å²) in [7, 11) is 1.59. The van der Waals surface area contributed by atoms with Crippen molar-refractivity contribution in [3.8, 4) is 11.5 Å². The van der Waals surface area contributed by atoms with Crippen molar-refractivity contribution in [1.82, 2.24) is 5.43 Å². The molecule has 0 aromatic heterocycles. The Morgan fingerprint density at radius 1 is 1.00 bits per heavy atom. The van der Waals surface area contributed by atoms with Crippen molar-refractivity contribution in [2.24, 2.45) is 5.10 Å². The summed E-state index contributed by atoms with van der Waals surface area (Å²) >= 11 is 6.14. The maximum absolute atomic E-state index is 12.3. The molecule has 0 saturated carbocycles. The molecule has 0 fully saturated rings. The summed E-state index contributed by atoms with van der Waals surface area (Å²) in [4.78, 5) is 12.3. The van der Waals surface area contributed by atoms with E-state index in [2.05, 4.69) is 34.8 Å². The third-order valence-electron chi connectivity index (χ3n) is 5.20. The van der Waals surface area contributed by atoms with Crippen LogP contribution in [-0.2, 0) is 6.61 Å². The van der Waals surface area contributed by atoms with E-state index >= 15 is 0 Å². The number of halogens is 1. The van der Waals surface area contributed by atoms with Crippen LogP contribution in [0.15, 0.2) is 84.0 Å². The molecule has 4 aromatic carbocycles. The topological polar surface area (TPSA) is 59.9 Å². The van der Waals surface area contributed by atoms with Gasteiger partial charge in [0.25, 0.3) is 5.91 Å². The Labute approximate surface area is 197 Å². The van der Waals surface area contributed by atoms with Crippen LogP contribution in [0.5, 0.6) is 11.5 Å². The number of fused-ring (bicyclic) bond motifs is 1. The quantitative estimate of drug-likeness (QED) is 0.267. The van der Waals surface area contributed by atoms with Gasteiger partial charge in [0.1, 0.15) is 6.61 Å². The van der Waals surface area contributed by atoms with Gasteiger partial charge in [0.15, 0.2) is 11.5 Å². The standard InChI is InChI=1S/C27H23ClN2O3/c1-18-10-12-23(24(28)14-18)27(31)30-29-16-19-11-13-25(26(15-19)32-2)33-17-21-8-5-7-20-6-3-4-9-22(20)21/h3-16H,17H2,1-2H3,(H,30,31)/b29-16-. The lowest BCUT2D eigenvalue weighted by atomic mass is 10.1. The molecule has 0 unspecified atom stereocenters. The van der Waals surface area contributed by atoms with Gasteiger partial charge < -0.3 is 9.47 Å². The second-order valence-electron chi connectivity index (χ2n) is 7.52. The Balaban J connectivity index is 1.43. The minimum atomic E-state index is -0.377. The van der Waals surface area contributed by atoms with E-state index in [0.717, 1.165) is 22.1 Å². The van der Waals surface area contributed by atoms with E-state index in [-0.39, 0.29) is 5.91 Å². The molecule has 0 aliphatic rings. The first kappa shape index (κ1) is 22.4. The highest BCUT2D eigenvalue weighted by molar-refractivity contribution is 6.33. The summed E-state index contributed by atoms with van der Waals surface area (Å²) < 4.78 is 11.5. The number of carbonyl (C=O) groups excluding carboxylic acids is 1. The summed E-state index contributed by atoms with van der Waals surface area (Å²) in [5.74, 6) is 0.823.